The first-order valence-electron chi connectivity index (χ1n) is 9.19. The summed E-state index contributed by atoms with van der Waals surface area (Å²) < 4.78 is 16.5. The lowest BCUT2D eigenvalue weighted by Crippen LogP contribution is -2.30. The third-order valence-electron chi connectivity index (χ3n) is 5.12. The SMILES string of the molecule is Cc1cn2nc(-c3cc(F)c4nn(C5CCNCC5)nc4c3)cc(C)c2n1. The minimum atomic E-state index is -0.371. The minimum absolute atomic E-state index is 0.215. The maximum Gasteiger partial charge on any atom is 0.156 e. The van der Waals surface area contributed by atoms with E-state index in [4.69, 9.17) is 0 Å². The first kappa shape index (κ1) is 16.3. The summed E-state index contributed by atoms with van der Waals surface area (Å²) in [6, 6.07) is 5.49. The third kappa shape index (κ3) is 2.76. The van der Waals surface area contributed by atoms with Gasteiger partial charge < -0.3 is 5.32 Å². The number of nitrogens with zero attached hydrogens (tertiary/aromatic N) is 6. The number of hydrogen-bond donors (Lipinski definition) is 1. The summed E-state index contributed by atoms with van der Waals surface area (Å²) in [7, 11) is 0. The molecule has 0 amide bonds. The van der Waals surface area contributed by atoms with Crippen LogP contribution >= 0.6 is 0 Å². The quantitative estimate of drug-likeness (QED) is 0.591. The first-order chi connectivity index (χ1) is 13.1. The molecule has 3 aromatic heterocycles. The number of imidazole rings is 1. The summed E-state index contributed by atoms with van der Waals surface area (Å²) in [5, 5.41) is 16.9. The van der Waals surface area contributed by atoms with E-state index >= 15 is 0 Å². The molecule has 0 bridgehead atoms. The highest BCUT2D eigenvalue weighted by Gasteiger charge is 2.20. The van der Waals surface area contributed by atoms with Gasteiger partial charge in [-0.15, -0.1) is 5.10 Å². The van der Waals surface area contributed by atoms with Crippen molar-refractivity contribution >= 4 is 16.7 Å². The number of halogens is 1. The topological polar surface area (TPSA) is 72.9 Å². The van der Waals surface area contributed by atoms with Gasteiger partial charge in [-0.25, -0.2) is 13.9 Å². The highest BCUT2D eigenvalue weighted by Crippen LogP contribution is 2.27. The third-order valence-corrected chi connectivity index (χ3v) is 5.12. The van der Waals surface area contributed by atoms with Gasteiger partial charge in [0.05, 0.1) is 23.6 Å². The first-order valence-corrected chi connectivity index (χ1v) is 9.19. The Hall–Kier alpha value is -2.87. The van der Waals surface area contributed by atoms with Crippen molar-refractivity contribution < 1.29 is 4.39 Å². The number of aryl methyl sites for hydroxylation is 2. The van der Waals surface area contributed by atoms with Gasteiger partial charge in [-0.2, -0.15) is 15.0 Å². The van der Waals surface area contributed by atoms with Crippen LogP contribution in [0.3, 0.4) is 0 Å². The molecule has 1 aromatic carbocycles. The maximum atomic E-state index is 14.8. The van der Waals surface area contributed by atoms with Crippen LogP contribution in [0.4, 0.5) is 4.39 Å². The van der Waals surface area contributed by atoms with Crippen molar-refractivity contribution in [1.82, 2.24) is 34.9 Å². The summed E-state index contributed by atoms with van der Waals surface area (Å²) in [5.41, 5.74) is 4.96. The molecule has 1 aliphatic rings. The normalized spacial score (nSPS) is 15.8. The Morgan fingerprint density at radius 3 is 2.70 bits per heavy atom. The number of piperidine rings is 1. The lowest BCUT2D eigenvalue weighted by molar-refractivity contribution is 0.316. The highest BCUT2D eigenvalue weighted by molar-refractivity contribution is 5.81. The Labute approximate surface area is 155 Å². The summed E-state index contributed by atoms with van der Waals surface area (Å²) in [5.74, 6) is -0.371. The predicted octanol–water partition coefficient (Wildman–Crippen LogP) is 2.82. The molecule has 1 saturated heterocycles. The van der Waals surface area contributed by atoms with Gasteiger partial charge in [0.25, 0.3) is 0 Å². The summed E-state index contributed by atoms with van der Waals surface area (Å²) in [6.45, 7) is 5.78. The van der Waals surface area contributed by atoms with E-state index in [0.717, 1.165) is 42.8 Å². The van der Waals surface area contributed by atoms with E-state index in [1.54, 1.807) is 9.31 Å². The molecule has 5 rings (SSSR count). The van der Waals surface area contributed by atoms with Crippen LogP contribution in [0.1, 0.15) is 30.1 Å². The molecule has 0 spiro atoms. The zero-order valence-electron chi connectivity index (χ0n) is 15.3. The van der Waals surface area contributed by atoms with E-state index in [1.165, 1.54) is 6.07 Å². The second kappa shape index (κ2) is 6.09. The molecule has 27 heavy (non-hydrogen) atoms. The number of rotatable bonds is 2. The zero-order valence-corrected chi connectivity index (χ0v) is 15.3. The fourth-order valence-corrected chi connectivity index (χ4v) is 3.73. The fraction of sp³-hybridized carbons (Fsp3) is 0.368. The van der Waals surface area contributed by atoms with Crippen molar-refractivity contribution in [1.29, 1.82) is 0 Å². The number of nitrogens with one attached hydrogen (secondary N) is 1. The number of fused-ring (bicyclic) bond motifs is 2. The van der Waals surface area contributed by atoms with Crippen LogP contribution < -0.4 is 5.32 Å². The van der Waals surface area contributed by atoms with Gasteiger partial charge in [0.2, 0.25) is 0 Å². The summed E-state index contributed by atoms with van der Waals surface area (Å²) in [4.78, 5) is 6.15. The van der Waals surface area contributed by atoms with Crippen molar-refractivity contribution in [3.8, 4) is 11.3 Å². The largest absolute Gasteiger partial charge is 0.317 e. The molecule has 0 aliphatic carbocycles. The van der Waals surface area contributed by atoms with Crippen LogP contribution in [0.25, 0.3) is 27.9 Å². The average molecular weight is 365 g/mol. The Morgan fingerprint density at radius 1 is 1.07 bits per heavy atom. The van der Waals surface area contributed by atoms with Gasteiger partial charge in [0.15, 0.2) is 11.5 Å². The molecule has 138 valence electrons. The smallest absolute Gasteiger partial charge is 0.156 e. The number of hydrogen-bond acceptors (Lipinski definition) is 5. The van der Waals surface area contributed by atoms with Gasteiger partial charge >= 0.3 is 0 Å². The fourth-order valence-electron chi connectivity index (χ4n) is 3.73. The van der Waals surface area contributed by atoms with Gasteiger partial charge in [-0.1, -0.05) is 0 Å². The van der Waals surface area contributed by atoms with Crippen molar-refractivity contribution in [2.24, 2.45) is 0 Å². The molecular weight excluding hydrogens is 345 g/mol. The van der Waals surface area contributed by atoms with E-state index in [9.17, 15) is 4.39 Å². The lowest BCUT2D eigenvalue weighted by atomic mass is 10.1. The minimum Gasteiger partial charge on any atom is -0.317 e. The number of benzene rings is 1. The molecule has 0 atom stereocenters. The Kier molecular flexibility index (Phi) is 3.68. The average Bonchev–Trinajstić information content (AvgIpc) is 3.26. The van der Waals surface area contributed by atoms with Crippen molar-refractivity contribution in [2.45, 2.75) is 32.7 Å². The molecule has 1 aliphatic heterocycles. The molecule has 7 nitrogen and oxygen atoms in total. The molecule has 0 unspecified atom stereocenters. The predicted molar refractivity (Wildman–Crippen MR) is 100 cm³/mol. The zero-order chi connectivity index (χ0) is 18.5. The number of aromatic nitrogens is 6. The molecule has 0 saturated carbocycles. The monoisotopic (exact) mass is 365 g/mol. The molecule has 8 heteroatoms. The molecule has 4 heterocycles. The van der Waals surface area contributed by atoms with Crippen LogP contribution in [0.2, 0.25) is 0 Å². The van der Waals surface area contributed by atoms with Gasteiger partial charge in [-0.3, -0.25) is 0 Å². The van der Waals surface area contributed by atoms with E-state index in [2.05, 4.69) is 25.6 Å². The molecular formula is C19H20FN7. The van der Waals surface area contributed by atoms with Crippen molar-refractivity contribution in [3.05, 3.63) is 41.5 Å². The molecule has 1 N–H and O–H groups in total. The van der Waals surface area contributed by atoms with Crippen LogP contribution in [0.5, 0.6) is 0 Å². The summed E-state index contributed by atoms with van der Waals surface area (Å²) in [6.07, 6.45) is 3.77. The summed E-state index contributed by atoms with van der Waals surface area (Å²) >= 11 is 0. The Morgan fingerprint density at radius 2 is 1.89 bits per heavy atom. The highest BCUT2D eigenvalue weighted by atomic mass is 19.1. The van der Waals surface area contributed by atoms with Gasteiger partial charge in [-0.05, 0) is 63.5 Å². The Balaban J connectivity index is 1.61. The Bertz CT molecular complexity index is 1150. The van der Waals surface area contributed by atoms with E-state index in [0.29, 0.717) is 22.3 Å². The lowest BCUT2D eigenvalue weighted by Gasteiger charge is -2.21. The van der Waals surface area contributed by atoms with Crippen LogP contribution in [-0.2, 0) is 0 Å². The second-order valence-corrected chi connectivity index (χ2v) is 7.19. The van der Waals surface area contributed by atoms with Crippen LogP contribution in [0.15, 0.2) is 24.4 Å². The second-order valence-electron chi connectivity index (χ2n) is 7.19. The van der Waals surface area contributed by atoms with E-state index < -0.39 is 0 Å². The molecule has 4 aromatic rings. The van der Waals surface area contributed by atoms with E-state index in [1.807, 2.05) is 32.2 Å². The van der Waals surface area contributed by atoms with Crippen molar-refractivity contribution in [3.63, 3.8) is 0 Å². The van der Waals surface area contributed by atoms with Crippen LogP contribution in [0, 0.1) is 19.7 Å². The maximum absolute atomic E-state index is 14.8. The van der Waals surface area contributed by atoms with Gasteiger partial charge in [0, 0.05) is 5.56 Å². The molecule has 1 fully saturated rings. The van der Waals surface area contributed by atoms with Crippen LogP contribution in [-0.4, -0.2) is 42.7 Å². The van der Waals surface area contributed by atoms with Gasteiger partial charge in [0.1, 0.15) is 11.0 Å². The van der Waals surface area contributed by atoms with E-state index in [-0.39, 0.29) is 11.9 Å². The standard InChI is InChI=1S/C19H20FN7/c1-11-7-16(23-26-10-12(2)22-19(11)26)13-8-15(20)18-17(9-13)24-27(25-18)14-3-5-21-6-4-14/h7-10,14,21H,3-6H2,1-2H3. The van der Waals surface area contributed by atoms with Crippen molar-refractivity contribution in [2.75, 3.05) is 13.1 Å². The molecule has 0 radical (unpaired) electrons.